The fraction of sp³-hybridized carbons (Fsp3) is 0.133. The van der Waals surface area contributed by atoms with Crippen LogP contribution < -0.4 is 4.74 Å². The predicted octanol–water partition coefficient (Wildman–Crippen LogP) is 3.82. The van der Waals surface area contributed by atoms with E-state index >= 15 is 0 Å². The van der Waals surface area contributed by atoms with Gasteiger partial charge < -0.3 is 4.74 Å². The summed E-state index contributed by atoms with van der Waals surface area (Å²) in [4.78, 5) is 11.9. The summed E-state index contributed by atoms with van der Waals surface area (Å²) in [5, 5.41) is 0.150. The molecule has 0 N–H and O–H groups in total. The summed E-state index contributed by atoms with van der Waals surface area (Å²) in [5.74, 6) is 1.54. The average Bonchev–Trinajstić information content (AvgIpc) is 2.83. The highest BCUT2D eigenvalue weighted by atomic mass is 35.5. The normalized spacial score (nSPS) is 21.8. The van der Waals surface area contributed by atoms with E-state index in [2.05, 4.69) is 27.1 Å². The first-order valence-electron chi connectivity index (χ1n) is 6.44. The van der Waals surface area contributed by atoms with Gasteiger partial charge in [-0.15, -0.1) is 0 Å². The van der Waals surface area contributed by atoms with Gasteiger partial charge in [-0.1, -0.05) is 30.4 Å². The molecule has 1 aliphatic heterocycles. The molecule has 2 unspecified atom stereocenters. The first kappa shape index (κ1) is 12.8. The average molecular weight is 318 g/mol. The van der Waals surface area contributed by atoms with Crippen molar-refractivity contribution in [3.63, 3.8) is 0 Å². The van der Waals surface area contributed by atoms with Crippen LogP contribution in [0.4, 0.5) is 0 Å². The quantitative estimate of drug-likeness (QED) is 0.802. The Morgan fingerprint density at radius 2 is 1.71 bits per heavy atom. The highest BCUT2D eigenvalue weighted by Crippen LogP contribution is 2.42. The van der Waals surface area contributed by atoms with E-state index in [9.17, 15) is 0 Å². The third-order valence-corrected chi connectivity index (χ3v) is 3.90. The second kappa shape index (κ2) is 4.83. The Kier molecular flexibility index (Phi) is 2.94. The molecule has 4 rings (SSSR count). The molecule has 4 nitrogen and oxygen atoms in total. The molecule has 2 heterocycles. The van der Waals surface area contributed by atoms with Gasteiger partial charge in [0.05, 0.1) is 0 Å². The lowest BCUT2D eigenvalue weighted by Crippen LogP contribution is -2.15. The molecule has 2 atom stereocenters. The van der Waals surface area contributed by atoms with Gasteiger partial charge in [0.15, 0.2) is 5.82 Å². The number of fused-ring (bicyclic) bond motifs is 3. The maximum atomic E-state index is 5.96. The van der Waals surface area contributed by atoms with Crippen molar-refractivity contribution >= 4 is 23.2 Å². The zero-order valence-corrected chi connectivity index (χ0v) is 12.2. The van der Waals surface area contributed by atoms with Crippen LogP contribution in [0.1, 0.15) is 11.5 Å². The van der Waals surface area contributed by atoms with Crippen molar-refractivity contribution in [2.75, 3.05) is 0 Å². The smallest absolute Gasteiger partial charge is 0.227 e. The molecule has 0 bridgehead atoms. The molecule has 0 saturated heterocycles. The summed E-state index contributed by atoms with van der Waals surface area (Å²) < 4.78 is 5.96. The lowest BCUT2D eigenvalue weighted by atomic mass is 9.91. The van der Waals surface area contributed by atoms with Gasteiger partial charge in [0.2, 0.25) is 10.6 Å². The van der Waals surface area contributed by atoms with Crippen molar-refractivity contribution in [3.05, 3.63) is 58.6 Å². The van der Waals surface area contributed by atoms with Crippen molar-refractivity contribution in [2.45, 2.75) is 12.0 Å². The van der Waals surface area contributed by atoms with Crippen LogP contribution in [-0.4, -0.2) is 21.1 Å². The Bertz CT molecular complexity index is 768. The molecular formula is C15H9Cl2N3O. The third kappa shape index (κ3) is 2.20. The molecule has 1 aromatic heterocycles. The first-order valence-corrected chi connectivity index (χ1v) is 7.19. The number of benzene rings is 1. The molecule has 21 heavy (non-hydrogen) atoms. The maximum Gasteiger partial charge on any atom is 0.227 e. The van der Waals surface area contributed by atoms with E-state index in [0.717, 1.165) is 16.9 Å². The molecular weight excluding hydrogens is 309 g/mol. The molecule has 1 aliphatic carbocycles. The van der Waals surface area contributed by atoms with Crippen molar-refractivity contribution in [3.8, 4) is 17.1 Å². The monoisotopic (exact) mass is 317 g/mol. The summed E-state index contributed by atoms with van der Waals surface area (Å²) in [7, 11) is 0. The number of hydrogen-bond acceptors (Lipinski definition) is 4. The van der Waals surface area contributed by atoms with E-state index in [0.29, 0.717) is 5.82 Å². The molecule has 0 spiro atoms. The largest absolute Gasteiger partial charge is 0.485 e. The second-order valence-electron chi connectivity index (χ2n) is 4.83. The fourth-order valence-electron chi connectivity index (χ4n) is 2.63. The number of hydrogen-bond donors (Lipinski definition) is 0. The van der Waals surface area contributed by atoms with Crippen molar-refractivity contribution in [2.24, 2.45) is 0 Å². The topological polar surface area (TPSA) is 47.9 Å². The molecule has 104 valence electrons. The Morgan fingerprint density at radius 1 is 0.952 bits per heavy atom. The zero-order valence-electron chi connectivity index (χ0n) is 10.7. The van der Waals surface area contributed by atoms with Gasteiger partial charge in [-0.05, 0) is 35.3 Å². The van der Waals surface area contributed by atoms with Gasteiger partial charge in [-0.2, -0.15) is 15.0 Å². The predicted molar refractivity (Wildman–Crippen MR) is 80.7 cm³/mol. The van der Waals surface area contributed by atoms with Gasteiger partial charge in [-0.25, -0.2) is 0 Å². The fourth-order valence-corrected chi connectivity index (χ4v) is 3.00. The summed E-state index contributed by atoms with van der Waals surface area (Å²) in [6.45, 7) is 0. The summed E-state index contributed by atoms with van der Waals surface area (Å²) in [6.07, 6.45) is 8.30. The Hall–Kier alpha value is -1.91. The van der Waals surface area contributed by atoms with E-state index < -0.39 is 0 Å². The molecule has 6 heteroatoms. The first-order chi connectivity index (χ1) is 10.2. The van der Waals surface area contributed by atoms with E-state index in [1.165, 1.54) is 0 Å². The lowest BCUT2D eigenvalue weighted by Gasteiger charge is -2.13. The molecule has 0 saturated carbocycles. The summed E-state index contributed by atoms with van der Waals surface area (Å²) in [6, 6.07) is 5.89. The van der Waals surface area contributed by atoms with Gasteiger partial charge >= 0.3 is 0 Å². The maximum absolute atomic E-state index is 5.96. The Balaban J connectivity index is 1.77. The SMILES string of the molecule is Clc1nc(Cl)nc(-c2ccc3c(c2)OC2C=CC=CC32)n1. The number of allylic oxidation sites excluding steroid dienone is 2. The number of aromatic nitrogens is 3. The van der Waals surface area contributed by atoms with Crippen LogP contribution in [0.3, 0.4) is 0 Å². The van der Waals surface area contributed by atoms with Crippen LogP contribution in [0.2, 0.25) is 10.6 Å². The number of nitrogens with zero attached hydrogens (tertiary/aromatic N) is 3. The van der Waals surface area contributed by atoms with Gasteiger partial charge in [0, 0.05) is 17.0 Å². The van der Waals surface area contributed by atoms with Gasteiger partial charge in [0.25, 0.3) is 0 Å². The third-order valence-electron chi connectivity index (χ3n) is 3.56. The lowest BCUT2D eigenvalue weighted by molar-refractivity contribution is 0.269. The van der Waals surface area contributed by atoms with E-state index in [1.807, 2.05) is 30.4 Å². The van der Waals surface area contributed by atoms with Crippen molar-refractivity contribution in [1.82, 2.24) is 15.0 Å². The Labute approximate surface area is 131 Å². The van der Waals surface area contributed by atoms with Crippen molar-refractivity contribution < 1.29 is 4.74 Å². The number of ether oxygens (including phenoxy) is 1. The minimum absolute atomic E-state index is 0.0609. The minimum atomic E-state index is 0.0609. The standard InChI is InChI=1S/C15H9Cl2N3O/c16-14-18-13(19-15(17)20-14)8-5-6-10-9-3-1-2-4-11(9)21-12(10)7-8/h1-7,9,11H. The second-order valence-corrected chi connectivity index (χ2v) is 5.50. The van der Waals surface area contributed by atoms with Crippen LogP contribution in [0.15, 0.2) is 42.5 Å². The zero-order chi connectivity index (χ0) is 14.4. The number of halogens is 2. The minimum Gasteiger partial charge on any atom is -0.485 e. The van der Waals surface area contributed by atoms with Crippen LogP contribution in [0.25, 0.3) is 11.4 Å². The van der Waals surface area contributed by atoms with Gasteiger partial charge in [0.1, 0.15) is 11.9 Å². The molecule has 2 aromatic rings. The van der Waals surface area contributed by atoms with E-state index in [-0.39, 0.29) is 22.6 Å². The van der Waals surface area contributed by atoms with Crippen LogP contribution >= 0.6 is 23.2 Å². The van der Waals surface area contributed by atoms with Crippen LogP contribution in [-0.2, 0) is 0 Å². The van der Waals surface area contributed by atoms with E-state index in [4.69, 9.17) is 27.9 Å². The van der Waals surface area contributed by atoms with Crippen molar-refractivity contribution in [1.29, 1.82) is 0 Å². The number of rotatable bonds is 1. The van der Waals surface area contributed by atoms with Crippen LogP contribution in [0.5, 0.6) is 5.75 Å². The molecule has 1 aromatic carbocycles. The van der Waals surface area contributed by atoms with Gasteiger partial charge in [-0.3, -0.25) is 0 Å². The van der Waals surface area contributed by atoms with Crippen LogP contribution in [0, 0.1) is 0 Å². The molecule has 0 amide bonds. The molecule has 0 fully saturated rings. The molecule has 2 aliphatic rings. The molecule has 0 radical (unpaired) electrons. The Morgan fingerprint density at radius 3 is 2.52 bits per heavy atom. The summed E-state index contributed by atoms with van der Waals surface area (Å²) >= 11 is 11.6. The summed E-state index contributed by atoms with van der Waals surface area (Å²) in [5.41, 5.74) is 1.96. The highest BCUT2D eigenvalue weighted by molar-refractivity contribution is 6.31. The van der Waals surface area contributed by atoms with E-state index in [1.54, 1.807) is 0 Å². The highest BCUT2D eigenvalue weighted by Gasteiger charge is 2.32.